The minimum Gasteiger partial charge on any atom is -0.457 e. The molecule has 0 spiro atoms. The monoisotopic (exact) mass is 391 g/mol. The van der Waals surface area contributed by atoms with Crippen molar-refractivity contribution in [2.75, 3.05) is 13.7 Å². The highest BCUT2D eigenvalue weighted by atomic mass is 16.6. The second kappa shape index (κ2) is 7.87. The molecule has 2 aliphatic heterocycles. The van der Waals surface area contributed by atoms with E-state index < -0.39 is 28.5 Å². The van der Waals surface area contributed by atoms with E-state index in [1.807, 2.05) is 0 Å². The van der Waals surface area contributed by atoms with Gasteiger partial charge in [0, 0.05) is 18.4 Å². The summed E-state index contributed by atoms with van der Waals surface area (Å²) in [5, 5.41) is 14.7. The Morgan fingerprint density at radius 2 is 1.93 bits per heavy atom. The van der Waals surface area contributed by atoms with E-state index in [0.717, 1.165) is 0 Å². The van der Waals surface area contributed by atoms with E-state index in [4.69, 9.17) is 9.47 Å². The first-order valence-electron chi connectivity index (χ1n) is 8.75. The van der Waals surface area contributed by atoms with Crippen molar-refractivity contribution in [1.82, 2.24) is 10.2 Å². The van der Waals surface area contributed by atoms with E-state index in [2.05, 4.69) is 5.32 Å². The van der Waals surface area contributed by atoms with Crippen LogP contribution in [-0.4, -0.2) is 41.1 Å². The normalized spacial score (nSPS) is 19.9. The number of allylic oxidation sites excluding steroid dienone is 4. The third kappa shape index (κ3) is 4.41. The number of dihydropyridines is 1. The Morgan fingerprint density at radius 3 is 2.46 bits per heavy atom. The molecule has 0 radical (unpaired) electrons. The lowest BCUT2D eigenvalue weighted by molar-refractivity contribution is -0.433. The second-order valence-electron chi connectivity index (χ2n) is 7.52. The van der Waals surface area contributed by atoms with E-state index in [1.54, 1.807) is 46.8 Å². The third-order valence-corrected chi connectivity index (χ3v) is 4.20. The average molecular weight is 391 g/mol. The minimum absolute atomic E-state index is 0.134. The highest BCUT2D eigenvalue weighted by Crippen LogP contribution is 2.38. The number of nitrogens with one attached hydrogen (secondary N) is 1. The van der Waals surface area contributed by atoms with Gasteiger partial charge in [-0.1, -0.05) is 12.2 Å². The molecule has 1 amide bonds. The number of hydrogen-bond donors (Lipinski definition) is 1. The number of esters is 1. The zero-order chi connectivity index (χ0) is 21.2. The Balaban J connectivity index is 2.60. The van der Waals surface area contributed by atoms with Gasteiger partial charge in [0.1, 0.15) is 11.5 Å². The molecule has 152 valence electrons. The highest BCUT2D eigenvalue weighted by Gasteiger charge is 2.43. The smallest absolute Gasteiger partial charge is 0.413 e. The van der Waals surface area contributed by atoms with E-state index >= 15 is 0 Å². The number of nitrogens with zero attached hydrogens (tertiary/aromatic N) is 2. The van der Waals surface area contributed by atoms with Crippen LogP contribution in [0.25, 0.3) is 0 Å². The summed E-state index contributed by atoms with van der Waals surface area (Å²) in [6.07, 6.45) is 4.22. The van der Waals surface area contributed by atoms with Crippen molar-refractivity contribution in [2.45, 2.75) is 40.2 Å². The number of rotatable bonds is 3. The fourth-order valence-corrected chi connectivity index (χ4v) is 3.15. The van der Waals surface area contributed by atoms with Crippen LogP contribution in [0.2, 0.25) is 0 Å². The van der Waals surface area contributed by atoms with Gasteiger partial charge in [-0.2, -0.15) is 0 Å². The van der Waals surface area contributed by atoms with E-state index in [0.29, 0.717) is 17.0 Å². The summed E-state index contributed by atoms with van der Waals surface area (Å²) in [6.45, 7) is 8.67. The molecule has 0 aromatic carbocycles. The minimum atomic E-state index is -0.991. The lowest BCUT2D eigenvalue weighted by Crippen LogP contribution is -2.37. The van der Waals surface area contributed by atoms with E-state index in [-0.39, 0.29) is 17.8 Å². The summed E-state index contributed by atoms with van der Waals surface area (Å²) in [5.41, 5.74) is 0.402. The summed E-state index contributed by atoms with van der Waals surface area (Å²) >= 11 is 0. The molecule has 0 fully saturated rings. The van der Waals surface area contributed by atoms with Crippen LogP contribution in [0, 0.1) is 16.0 Å². The molecule has 0 bridgehead atoms. The van der Waals surface area contributed by atoms with Crippen LogP contribution in [0.1, 0.15) is 34.6 Å². The molecule has 1 unspecified atom stereocenters. The molecule has 0 aliphatic carbocycles. The maximum atomic E-state index is 12.9. The van der Waals surface area contributed by atoms with Crippen molar-refractivity contribution in [3.05, 3.63) is 56.7 Å². The number of methoxy groups -OCH3 is 1. The SMILES string of the molecule is COC(=O)N1C=C(C2C(C(=O)OC(C)(C)C)=C(C)NC(C)=C2[N+](=O)[O-])C=CC1. The second-order valence-corrected chi connectivity index (χ2v) is 7.52. The van der Waals surface area contributed by atoms with Crippen molar-refractivity contribution >= 4 is 12.1 Å². The molecule has 1 atom stereocenters. The van der Waals surface area contributed by atoms with E-state index in [9.17, 15) is 19.7 Å². The molecule has 2 aliphatic rings. The quantitative estimate of drug-likeness (QED) is 0.447. The molecule has 1 N–H and O–H groups in total. The van der Waals surface area contributed by atoms with Crippen molar-refractivity contribution in [1.29, 1.82) is 0 Å². The summed E-state index contributed by atoms with van der Waals surface area (Å²) in [7, 11) is 1.25. The average Bonchev–Trinajstić information content (AvgIpc) is 2.58. The van der Waals surface area contributed by atoms with Gasteiger partial charge in [-0.25, -0.2) is 9.59 Å². The van der Waals surface area contributed by atoms with Gasteiger partial charge in [0.25, 0.3) is 5.70 Å². The zero-order valence-electron chi connectivity index (χ0n) is 16.9. The van der Waals surface area contributed by atoms with Crippen LogP contribution in [0.3, 0.4) is 0 Å². The van der Waals surface area contributed by atoms with Crippen molar-refractivity contribution in [3.8, 4) is 0 Å². The molecule has 9 heteroatoms. The molecule has 2 rings (SSSR count). The van der Waals surface area contributed by atoms with Gasteiger partial charge in [-0.15, -0.1) is 0 Å². The largest absolute Gasteiger partial charge is 0.457 e. The molecule has 2 heterocycles. The van der Waals surface area contributed by atoms with Gasteiger partial charge in [0.15, 0.2) is 0 Å². The fraction of sp³-hybridized carbons (Fsp3) is 0.474. The fourth-order valence-electron chi connectivity index (χ4n) is 3.15. The summed E-state index contributed by atoms with van der Waals surface area (Å²) in [5.74, 6) is -1.64. The van der Waals surface area contributed by atoms with Crippen LogP contribution in [0.15, 0.2) is 46.6 Å². The predicted molar refractivity (Wildman–Crippen MR) is 101 cm³/mol. The standard InChI is InChI=1S/C19H25N3O6/c1-11-14(17(23)28-19(3,4)5)15(16(22(25)26)12(2)20-11)13-8-7-9-21(10-13)18(24)27-6/h7-8,10,15,20H,9H2,1-6H3. The van der Waals surface area contributed by atoms with Crippen LogP contribution in [0.4, 0.5) is 4.79 Å². The van der Waals surface area contributed by atoms with Crippen LogP contribution >= 0.6 is 0 Å². The van der Waals surface area contributed by atoms with Crippen LogP contribution in [0.5, 0.6) is 0 Å². The molecule has 0 saturated heterocycles. The number of amides is 1. The summed E-state index contributed by atoms with van der Waals surface area (Å²) in [6, 6.07) is 0. The van der Waals surface area contributed by atoms with E-state index in [1.165, 1.54) is 18.2 Å². The first-order valence-corrected chi connectivity index (χ1v) is 8.75. The van der Waals surface area contributed by atoms with Gasteiger partial charge in [-0.05, 0) is 40.2 Å². The predicted octanol–water partition coefficient (Wildman–Crippen LogP) is 2.85. The highest BCUT2D eigenvalue weighted by molar-refractivity contribution is 5.92. The maximum absolute atomic E-state index is 12.9. The molecule has 0 aromatic rings. The molecule has 0 aromatic heterocycles. The molecule has 0 saturated carbocycles. The number of ether oxygens (including phenoxy) is 2. The first-order chi connectivity index (χ1) is 13.0. The van der Waals surface area contributed by atoms with Crippen molar-refractivity contribution in [2.24, 2.45) is 5.92 Å². The Morgan fingerprint density at radius 1 is 1.29 bits per heavy atom. The van der Waals surface area contributed by atoms with Gasteiger partial charge in [-0.3, -0.25) is 15.0 Å². The first kappa shape index (κ1) is 21.2. The Labute approximate surface area is 163 Å². The van der Waals surface area contributed by atoms with Gasteiger partial charge >= 0.3 is 12.1 Å². The van der Waals surface area contributed by atoms with Crippen molar-refractivity contribution in [3.63, 3.8) is 0 Å². The number of carbonyl (C=O) groups excluding carboxylic acids is 2. The lowest BCUT2D eigenvalue weighted by atomic mass is 9.83. The van der Waals surface area contributed by atoms with Gasteiger partial charge in [0.2, 0.25) is 0 Å². The molecular formula is C19H25N3O6. The van der Waals surface area contributed by atoms with Gasteiger partial charge < -0.3 is 14.8 Å². The molecular weight excluding hydrogens is 366 g/mol. The molecule has 9 nitrogen and oxygen atoms in total. The lowest BCUT2D eigenvalue weighted by Gasteiger charge is -2.31. The Kier molecular flexibility index (Phi) is 5.96. The molecule has 28 heavy (non-hydrogen) atoms. The zero-order valence-corrected chi connectivity index (χ0v) is 16.9. The number of hydrogen-bond acceptors (Lipinski definition) is 7. The van der Waals surface area contributed by atoms with Crippen LogP contribution in [-0.2, 0) is 14.3 Å². The van der Waals surface area contributed by atoms with Crippen molar-refractivity contribution < 1.29 is 24.0 Å². The summed E-state index contributed by atoms with van der Waals surface area (Å²) < 4.78 is 10.2. The Bertz CT molecular complexity index is 829. The maximum Gasteiger partial charge on any atom is 0.413 e. The Hall–Kier alpha value is -3.10. The van der Waals surface area contributed by atoms with Gasteiger partial charge in [0.05, 0.1) is 23.3 Å². The third-order valence-electron chi connectivity index (χ3n) is 4.20. The summed E-state index contributed by atoms with van der Waals surface area (Å²) in [4.78, 5) is 37.4. The van der Waals surface area contributed by atoms with Crippen LogP contribution < -0.4 is 5.32 Å². The number of carbonyl (C=O) groups is 2. The topological polar surface area (TPSA) is 111 Å². The number of nitro groups is 1.